The number of carboxylic acids is 1. The van der Waals surface area contributed by atoms with Gasteiger partial charge < -0.3 is 9.84 Å². The van der Waals surface area contributed by atoms with Crippen molar-refractivity contribution in [2.75, 3.05) is 0 Å². The molecule has 0 fully saturated rings. The van der Waals surface area contributed by atoms with Gasteiger partial charge >= 0.3 is 5.97 Å². The van der Waals surface area contributed by atoms with Gasteiger partial charge in [-0.15, -0.1) is 0 Å². The van der Waals surface area contributed by atoms with Gasteiger partial charge in [-0.25, -0.2) is 9.78 Å². The van der Waals surface area contributed by atoms with Crippen molar-refractivity contribution in [2.24, 2.45) is 0 Å². The Balaban J connectivity index is 1.91. The first-order valence-corrected chi connectivity index (χ1v) is 6.22. The molecular formula is C15H13NO3. The van der Waals surface area contributed by atoms with Gasteiger partial charge in [-0.2, -0.15) is 0 Å². The lowest BCUT2D eigenvalue weighted by atomic mass is 10.1. The number of hydrogen-bond donors (Lipinski definition) is 1. The second-order valence-electron chi connectivity index (χ2n) is 4.54. The van der Waals surface area contributed by atoms with E-state index >= 15 is 0 Å². The zero-order chi connectivity index (χ0) is 13.2. The van der Waals surface area contributed by atoms with Crippen molar-refractivity contribution in [3.63, 3.8) is 0 Å². The molecule has 1 aliphatic carbocycles. The first kappa shape index (κ1) is 11.7. The van der Waals surface area contributed by atoms with E-state index in [1.165, 1.54) is 23.7 Å². The summed E-state index contributed by atoms with van der Waals surface area (Å²) in [5, 5.41) is 9.06. The van der Waals surface area contributed by atoms with Crippen LogP contribution in [0.4, 0.5) is 0 Å². The molecule has 0 radical (unpaired) electrons. The number of carbonyl (C=O) groups is 1. The first-order valence-electron chi connectivity index (χ1n) is 6.22. The molecule has 19 heavy (non-hydrogen) atoms. The van der Waals surface area contributed by atoms with Gasteiger partial charge in [-0.3, -0.25) is 0 Å². The van der Waals surface area contributed by atoms with E-state index in [1.54, 1.807) is 12.1 Å². The van der Waals surface area contributed by atoms with E-state index < -0.39 is 5.97 Å². The molecule has 1 aliphatic rings. The molecule has 0 saturated heterocycles. The maximum atomic E-state index is 11.1. The summed E-state index contributed by atoms with van der Waals surface area (Å²) in [7, 11) is 0. The summed E-state index contributed by atoms with van der Waals surface area (Å²) in [5.74, 6) is -0.152. The monoisotopic (exact) mass is 255 g/mol. The summed E-state index contributed by atoms with van der Waals surface area (Å²) in [6.07, 6.45) is 4.79. The molecule has 0 spiro atoms. The Bertz CT molecular complexity index is 637. The van der Waals surface area contributed by atoms with E-state index in [-0.39, 0.29) is 11.4 Å². The number of aryl methyl sites for hydroxylation is 2. The molecule has 0 amide bonds. The van der Waals surface area contributed by atoms with Crippen LogP contribution in [0.5, 0.6) is 11.5 Å². The average Bonchev–Trinajstić information content (AvgIpc) is 2.86. The molecule has 3 rings (SSSR count). The molecule has 1 aromatic carbocycles. The van der Waals surface area contributed by atoms with Crippen LogP contribution in [0.2, 0.25) is 0 Å². The van der Waals surface area contributed by atoms with Crippen LogP contribution in [0.3, 0.4) is 0 Å². The van der Waals surface area contributed by atoms with Crippen LogP contribution in [-0.2, 0) is 12.8 Å². The zero-order valence-corrected chi connectivity index (χ0v) is 10.3. The molecule has 0 bridgehead atoms. The molecule has 1 N–H and O–H groups in total. The minimum absolute atomic E-state index is 0.0667. The molecule has 2 aromatic rings. The van der Waals surface area contributed by atoms with E-state index in [0.717, 1.165) is 12.8 Å². The Labute approximate surface area is 110 Å². The van der Waals surface area contributed by atoms with Crippen LogP contribution in [0.25, 0.3) is 0 Å². The number of aromatic nitrogens is 1. The van der Waals surface area contributed by atoms with Gasteiger partial charge in [0.05, 0.1) is 0 Å². The number of ether oxygens (including phenoxy) is 1. The first-order chi connectivity index (χ1) is 9.24. The van der Waals surface area contributed by atoms with Crippen LogP contribution in [-0.4, -0.2) is 16.1 Å². The minimum atomic E-state index is -1.09. The molecule has 0 atom stereocenters. The highest BCUT2D eigenvalue weighted by atomic mass is 16.5. The van der Waals surface area contributed by atoms with Crippen LogP contribution >= 0.6 is 0 Å². The Hall–Kier alpha value is -2.36. The molecular weight excluding hydrogens is 242 g/mol. The quantitative estimate of drug-likeness (QED) is 0.915. The molecule has 0 aliphatic heterocycles. The second-order valence-corrected chi connectivity index (χ2v) is 4.54. The van der Waals surface area contributed by atoms with Crippen molar-refractivity contribution >= 4 is 5.97 Å². The number of aromatic carboxylic acids is 1. The standard InChI is InChI=1S/C15H13NO3/c17-15(18)14-13(5-2-8-16-14)19-12-7-6-10-3-1-4-11(10)9-12/h2,5-9H,1,3-4H2,(H,17,18). The molecule has 4 nitrogen and oxygen atoms in total. The summed E-state index contributed by atoms with van der Waals surface area (Å²) in [6.45, 7) is 0. The lowest BCUT2D eigenvalue weighted by molar-refractivity contribution is 0.0687. The fourth-order valence-corrected chi connectivity index (χ4v) is 2.37. The van der Waals surface area contributed by atoms with Gasteiger partial charge in [-0.1, -0.05) is 6.07 Å². The Kier molecular flexibility index (Phi) is 2.91. The summed E-state index contributed by atoms with van der Waals surface area (Å²) in [6, 6.07) is 9.19. The van der Waals surface area contributed by atoms with Gasteiger partial charge in [0.1, 0.15) is 5.75 Å². The smallest absolute Gasteiger partial charge is 0.358 e. The number of rotatable bonds is 3. The van der Waals surface area contributed by atoms with E-state index in [4.69, 9.17) is 9.84 Å². The van der Waals surface area contributed by atoms with E-state index in [0.29, 0.717) is 5.75 Å². The number of carboxylic acid groups (broad SMARTS) is 1. The van der Waals surface area contributed by atoms with Gasteiger partial charge in [0.2, 0.25) is 0 Å². The highest BCUT2D eigenvalue weighted by Gasteiger charge is 2.15. The van der Waals surface area contributed by atoms with Gasteiger partial charge in [0.15, 0.2) is 11.4 Å². The normalized spacial score (nSPS) is 13.1. The van der Waals surface area contributed by atoms with Crippen molar-refractivity contribution in [1.82, 2.24) is 4.98 Å². The minimum Gasteiger partial charge on any atom is -0.476 e. The number of benzene rings is 1. The van der Waals surface area contributed by atoms with Crippen molar-refractivity contribution in [3.8, 4) is 11.5 Å². The summed E-state index contributed by atoms with van der Waals surface area (Å²) in [5.41, 5.74) is 2.58. The number of nitrogens with zero attached hydrogens (tertiary/aromatic N) is 1. The highest BCUT2D eigenvalue weighted by molar-refractivity contribution is 5.88. The number of hydrogen-bond acceptors (Lipinski definition) is 3. The Morgan fingerprint density at radius 3 is 2.89 bits per heavy atom. The van der Waals surface area contributed by atoms with E-state index in [9.17, 15) is 4.79 Å². The van der Waals surface area contributed by atoms with Crippen LogP contribution in [0.1, 0.15) is 28.0 Å². The van der Waals surface area contributed by atoms with Crippen LogP contribution in [0, 0.1) is 0 Å². The van der Waals surface area contributed by atoms with Crippen molar-refractivity contribution in [2.45, 2.75) is 19.3 Å². The van der Waals surface area contributed by atoms with Crippen LogP contribution in [0.15, 0.2) is 36.5 Å². The molecule has 96 valence electrons. The van der Waals surface area contributed by atoms with Crippen LogP contribution < -0.4 is 4.74 Å². The topological polar surface area (TPSA) is 59.4 Å². The van der Waals surface area contributed by atoms with Gasteiger partial charge in [0, 0.05) is 6.20 Å². The summed E-state index contributed by atoms with van der Waals surface area (Å²) in [4.78, 5) is 14.9. The number of pyridine rings is 1. The molecule has 0 unspecified atom stereocenters. The predicted molar refractivity (Wildman–Crippen MR) is 69.7 cm³/mol. The number of fused-ring (bicyclic) bond motifs is 1. The van der Waals surface area contributed by atoms with Crippen molar-refractivity contribution in [3.05, 3.63) is 53.3 Å². The van der Waals surface area contributed by atoms with Crippen molar-refractivity contribution in [1.29, 1.82) is 0 Å². The SMILES string of the molecule is O=C(O)c1ncccc1Oc1ccc2c(c1)CCC2. The largest absolute Gasteiger partial charge is 0.476 e. The fourth-order valence-electron chi connectivity index (χ4n) is 2.37. The van der Waals surface area contributed by atoms with E-state index in [1.807, 2.05) is 12.1 Å². The van der Waals surface area contributed by atoms with E-state index in [2.05, 4.69) is 11.1 Å². The molecule has 4 heteroatoms. The predicted octanol–water partition coefficient (Wildman–Crippen LogP) is 3.06. The molecule has 1 aromatic heterocycles. The summed E-state index contributed by atoms with van der Waals surface area (Å²) < 4.78 is 5.65. The maximum Gasteiger partial charge on any atom is 0.358 e. The van der Waals surface area contributed by atoms with Gasteiger partial charge in [0.25, 0.3) is 0 Å². The fraction of sp³-hybridized carbons (Fsp3) is 0.200. The Morgan fingerprint density at radius 1 is 1.21 bits per heavy atom. The molecule has 1 heterocycles. The highest BCUT2D eigenvalue weighted by Crippen LogP contribution is 2.29. The Morgan fingerprint density at radius 2 is 2.05 bits per heavy atom. The summed E-state index contributed by atoms with van der Waals surface area (Å²) >= 11 is 0. The lowest BCUT2D eigenvalue weighted by Gasteiger charge is -2.09. The average molecular weight is 255 g/mol. The van der Waals surface area contributed by atoms with Crippen molar-refractivity contribution < 1.29 is 14.6 Å². The maximum absolute atomic E-state index is 11.1. The van der Waals surface area contributed by atoms with Gasteiger partial charge in [-0.05, 0) is 54.7 Å². The molecule has 0 saturated carbocycles. The third-order valence-electron chi connectivity index (χ3n) is 3.27. The third kappa shape index (κ3) is 2.29. The lowest BCUT2D eigenvalue weighted by Crippen LogP contribution is -2.02. The third-order valence-corrected chi connectivity index (χ3v) is 3.27. The zero-order valence-electron chi connectivity index (χ0n) is 10.3. The second kappa shape index (κ2) is 4.72.